The Kier molecular flexibility index (Phi) is 4.76. The second kappa shape index (κ2) is 7.83. The molecule has 0 atom stereocenters. The molecule has 0 bridgehead atoms. The van der Waals surface area contributed by atoms with Crippen molar-refractivity contribution in [3.63, 3.8) is 0 Å². The summed E-state index contributed by atoms with van der Waals surface area (Å²) in [6.45, 7) is 0. The van der Waals surface area contributed by atoms with Gasteiger partial charge in [0.25, 0.3) is 0 Å². The van der Waals surface area contributed by atoms with E-state index in [-0.39, 0.29) is 23.0 Å². The monoisotopic (exact) mass is 462 g/mol. The summed E-state index contributed by atoms with van der Waals surface area (Å²) in [5.74, 6) is -2.82. The van der Waals surface area contributed by atoms with Crippen molar-refractivity contribution < 1.29 is 17.6 Å². The summed E-state index contributed by atoms with van der Waals surface area (Å²) in [6, 6.07) is 6.03. The molecule has 34 heavy (non-hydrogen) atoms. The van der Waals surface area contributed by atoms with Crippen LogP contribution in [0.2, 0.25) is 0 Å². The van der Waals surface area contributed by atoms with E-state index in [1.165, 1.54) is 15.7 Å². The first-order chi connectivity index (χ1) is 16.5. The van der Waals surface area contributed by atoms with Crippen molar-refractivity contribution in [2.45, 2.75) is 25.7 Å². The molecule has 8 heteroatoms. The molecule has 0 aliphatic heterocycles. The Labute approximate surface area is 192 Å². The van der Waals surface area contributed by atoms with Crippen molar-refractivity contribution in [2.24, 2.45) is 0 Å². The molecule has 6 rings (SSSR count). The number of hydrogen-bond donors (Lipinski definition) is 0. The van der Waals surface area contributed by atoms with E-state index in [9.17, 15) is 17.6 Å². The first-order valence-corrected chi connectivity index (χ1v) is 11.0. The number of allylic oxidation sites excluding steroid dienone is 2. The van der Waals surface area contributed by atoms with Gasteiger partial charge < -0.3 is 0 Å². The second-order valence-electron chi connectivity index (χ2n) is 8.39. The Morgan fingerprint density at radius 3 is 1.71 bits per heavy atom. The van der Waals surface area contributed by atoms with Crippen molar-refractivity contribution in [1.29, 1.82) is 0 Å². The lowest BCUT2D eigenvalue weighted by Gasteiger charge is -2.16. The van der Waals surface area contributed by atoms with Crippen LogP contribution in [0, 0.1) is 23.3 Å². The fourth-order valence-electron chi connectivity index (χ4n) is 4.87. The Morgan fingerprint density at radius 2 is 1.15 bits per heavy atom. The Bertz CT molecular complexity index is 1430. The van der Waals surface area contributed by atoms with Gasteiger partial charge in [0.05, 0.1) is 17.1 Å². The van der Waals surface area contributed by atoms with Crippen molar-refractivity contribution in [3.05, 3.63) is 94.3 Å². The van der Waals surface area contributed by atoms with Crippen LogP contribution >= 0.6 is 0 Å². The Hall–Kier alpha value is -3.94. The highest BCUT2D eigenvalue weighted by atomic mass is 19.1. The predicted molar refractivity (Wildman–Crippen MR) is 121 cm³/mol. The minimum atomic E-state index is -0.793. The smallest absolute Gasteiger partial charge is 0.241 e. The summed E-state index contributed by atoms with van der Waals surface area (Å²) in [6.07, 6.45) is 11.7. The highest BCUT2D eigenvalue weighted by Crippen LogP contribution is 2.37. The summed E-state index contributed by atoms with van der Waals surface area (Å²) < 4.78 is 60.0. The number of rotatable bonds is 3. The zero-order chi connectivity index (χ0) is 23.4. The van der Waals surface area contributed by atoms with Crippen molar-refractivity contribution in [3.8, 4) is 23.0 Å². The molecule has 2 aliphatic rings. The molecule has 0 spiro atoms. The second-order valence-corrected chi connectivity index (χ2v) is 8.39. The summed E-state index contributed by atoms with van der Waals surface area (Å²) in [7, 11) is 0. The van der Waals surface area contributed by atoms with Gasteiger partial charge in [0.2, 0.25) is 5.95 Å². The number of halogens is 4. The summed E-state index contributed by atoms with van der Waals surface area (Å²) in [4.78, 5) is 0. The summed E-state index contributed by atoms with van der Waals surface area (Å²) in [5.41, 5.74) is 4.46. The maximum Gasteiger partial charge on any atom is 0.241 e. The van der Waals surface area contributed by atoms with Gasteiger partial charge >= 0.3 is 0 Å². The maximum absolute atomic E-state index is 14.3. The first-order valence-electron chi connectivity index (χ1n) is 11.0. The third-order valence-electron chi connectivity index (χ3n) is 6.21. The molecule has 0 radical (unpaired) electrons. The normalized spacial score (nSPS) is 14.4. The van der Waals surface area contributed by atoms with Crippen LogP contribution in [-0.2, 0) is 12.8 Å². The number of fused-ring (bicyclic) bond motifs is 3. The van der Waals surface area contributed by atoms with Gasteiger partial charge in [-0.15, -0.1) is 10.2 Å². The lowest BCUT2D eigenvalue weighted by molar-refractivity contribution is 0.580. The van der Waals surface area contributed by atoms with Crippen LogP contribution in [-0.4, -0.2) is 19.3 Å². The van der Waals surface area contributed by atoms with Crippen LogP contribution in [0.4, 0.5) is 17.6 Å². The van der Waals surface area contributed by atoms with Gasteiger partial charge in [0, 0.05) is 17.7 Å². The van der Waals surface area contributed by atoms with Gasteiger partial charge in [-0.25, -0.2) is 17.6 Å². The third-order valence-corrected chi connectivity index (χ3v) is 6.21. The fourth-order valence-corrected chi connectivity index (χ4v) is 4.87. The van der Waals surface area contributed by atoms with Crippen LogP contribution in [0.25, 0.3) is 35.2 Å². The molecule has 0 saturated heterocycles. The van der Waals surface area contributed by atoms with E-state index >= 15 is 0 Å². The number of benzene rings is 2. The molecule has 2 aromatic heterocycles. The summed E-state index contributed by atoms with van der Waals surface area (Å²) >= 11 is 0. The van der Waals surface area contributed by atoms with E-state index in [0.717, 1.165) is 73.5 Å². The molecule has 4 aromatic rings. The van der Waals surface area contributed by atoms with Gasteiger partial charge in [-0.3, -0.25) is 9.13 Å². The van der Waals surface area contributed by atoms with Crippen LogP contribution in [0.1, 0.15) is 35.4 Å². The largest absolute Gasteiger partial charge is 0.278 e. The standard InChI is InChI=1S/C26H18F4N4/c27-16-9-15(10-17(28)11-16)25-31-32-26(33(25)20-13-18(29)12-19(30)14-20)34-23-7-3-1-5-21(23)22-6-2-4-8-24(22)34/h3-4,7-14H,1-2,5-6H2. The van der Waals surface area contributed by atoms with Gasteiger partial charge in [0.15, 0.2) is 5.82 Å². The molecule has 4 nitrogen and oxygen atoms in total. The predicted octanol–water partition coefficient (Wildman–Crippen LogP) is 6.20. The van der Waals surface area contributed by atoms with E-state index in [1.54, 1.807) is 0 Å². The highest BCUT2D eigenvalue weighted by Gasteiger charge is 2.28. The molecule has 0 saturated carbocycles. The third kappa shape index (κ3) is 3.29. The zero-order valence-electron chi connectivity index (χ0n) is 17.9. The average molecular weight is 462 g/mol. The molecular weight excluding hydrogens is 444 g/mol. The first kappa shape index (κ1) is 20.7. The van der Waals surface area contributed by atoms with Gasteiger partial charge in [-0.05, 0) is 73.2 Å². The molecule has 2 aromatic carbocycles. The molecule has 170 valence electrons. The molecule has 0 fully saturated rings. The molecule has 0 unspecified atom stereocenters. The topological polar surface area (TPSA) is 35.6 Å². The zero-order valence-corrected chi connectivity index (χ0v) is 17.9. The highest BCUT2D eigenvalue weighted by molar-refractivity contribution is 5.70. The molecular formula is C26H18F4N4. The lowest BCUT2D eigenvalue weighted by Crippen LogP contribution is -2.11. The minimum absolute atomic E-state index is 0.0641. The van der Waals surface area contributed by atoms with Crippen LogP contribution in [0.15, 0.2) is 48.6 Å². The molecule has 2 heterocycles. The van der Waals surface area contributed by atoms with E-state index < -0.39 is 23.3 Å². The molecule has 0 amide bonds. The molecule has 0 N–H and O–H groups in total. The van der Waals surface area contributed by atoms with Crippen LogP contribution in [0.5, 0.6) is 0 Å². The molecule has 2 aliphatic carbocycles. The SMILES string of the molecule is Fc1cc(F)cc(-c2nnc(-n3c4c(c5c3C=CCC5)CCC=C4)n2-c2cc(F)cc(F)c2)c1. The number of hydrogen-bond acceptors (Lipinski definition) is 2. The fraction of sp³-hybridized carbons (Fsp3) is 0.154. The van der Waals surface area contributed by atoms with E-state index in [1.807, 2.05) is 16.7 Å². The lowest BCUT2D eigenvalue weighted by atomic mass is 9.94. The van der Waals surface area contributed by atoms with E-state index in [0.29, 0.717) is 0 Å². The van der Waals surface area contributed by atoms with Crippen LogP contribution in [0.3, 0.4) is 0 Å². The quantitative estimate of drug-likeness (QED) is 0.340. The minimum Gasteiger partial charge on any atom is -0.278 e. The number of aromatic nitrogens is 4. The Balaban J connectivity index is 1.69. The van der Waals surface area contributed by atoms with E-state index in [4.69, 9.17) is 0 Å². The van der Waals surface area contributed by atoms with Gasteiger partial charge in [-0.2, -0.15) is 0 Å². The van der Waals surface area contributed by atoms with Crippen LogP contribution < -0.4 is 0 Å². The maximum atomic E-state index is 14.3. The number of nitrogens with zero attached hydrogens (tertiary/aromatic N) is 4. The van der Waals surface area contributed by atoms with Crippen molar-refractivity contribution in [2.75, 3.05) is 0 Å². The Morgan fingerprint density at radius 1 is 0.618 bits per heavy atom. The average Bonchev–Trinajstić information content (AvgIpc) is 3.37. The van der Waals surface area contributed by atoms with Crippen molar-refractivity contribution >= 4 is 12.2 Å². The van der Waals surface area contributed by atoms with Gasteiger partial charge in [0.1, 0.15) is 23.3 Å². The van der Waals surface area contributed by atoms with Crippen molar-refractivity contribution in [1.82, 2.24) is 19.3 Å². The summed E-state index contributed by atoms with van der Waals surface area (Å²) in [5, 5.41) is 8.59. The van der Waals surface area contributed by atoms with Gasteiger partial charge in [-0.1, -0.05) is 12.2 Å². The van der Waals surface area contributed by atoms with E-state index in [2.05, 4.69) is 22.3 Å².